The summed E-state index contributed by atoms with van der Waals surface area (Å²) in [7, 11) is -0.754. The van der Waals surface area contributed by atoms with Gasteiger partial charge < -0.3 is 28.3 Å². The number of methoxy groups -OCH3 is 3. The first-order valence-corrected chi connectivity index (χ1v) is 19.5. The van der Waals surface area contributed by atoms with E-state index in [2.05, 4.69) is 44.7 Å². The Balaban J connectivity index is 2.12. The second-order valence-electron chi connectivity index (χ2n) is 12.3. The van der Waals surface area contributed by atoms with Crippen molar-refractivity contribution in [3.8, 4) is 29.6 Å². The maximum Gasteiger partial charge on any atom is 0.338 e. The summed E-state index contributed by atoms with van der Waals surface area (Å²) in [6.07, 6.45) is 7.87. The highest BCUT2D eigenvalue weighted by Gasteiger charge is 2.37. The number of sulfonamides is 1. The van der Waals surface area contributed by atoms with E-state index in [1.165, 1.54) is 21.3 Å². The van der Waals surface area contributed by atoms with Crippen LogP contribution in [0.5, 0.6) is 17.2 Å². The highest BCUT2D eigenvalue weighted by molar-refractivity contribution is 7.89. The third-order valence-electron chi connectivity index (χ3n) is 8.33. The van der Waals surface area contributed by atoms with Crippen molar-refractivity contribution in [2.45, 2.75) is 77.1 Å². The number of nitrogens with zero attached hydrogens (tertiary/aromatic N) is 2. The molecule has 0 spiro atoms. The van der Waals surface area contributed by atoms with Crippen LogP contribution in [0, 0.1) is 12.3 Å². The van der Waals surface area contributed by atoms with Crippen LogP contribution in [0.1, 0.15) is 63.2 Å². The number of hydrogen-bond donors (Lipinski definition) is 0. The molecule has 10 nitrogen and oxygen atoms in total. The first-order chi connectivity index (χ1) is 20.2. The molecule has 12 heteroatoms. The van der Waals surface area contributed by atoms with Crippen LogP contribution < -0.4 is 14.2 Å². The van der Waals surface area contributed by atoms with Gasteiger partial charge >= 0.3 is 5.97 Å². The van der Waals surface area contributed by atoms with Crippen molar-refractivity contribution in [3.63, 3.8) is 0 Å². The molecule has 1 atom stereocenters. The van der Waals surface area contributed by atoms with Crippen LogP contribution in [-0.4, -0.2) is 104 Å². The molecule has 1 aromatic rings. The van der Waals surface area contributed by atoms with E-state index in [1.807, 2.05) is 0 Å². The molecule has 1 fully saturated rings. The van der Waals surface area contributed by atoms with Gasteiger partial charge in [0, 0.05) is 39.2 Å². The molecule has 43 heavy (non-hydrogen) atoms. The summed E-state index contributed by atoms with van der Waals surface area (Å²) in [6.45, 7) is 14.6. The van der Waals surface area contributed by atoms with Crippen LogP contribution in [0.25, 0.3) is 0 Å². The minimum Gasteiger partial charge on any atom is -0.493 e. The molecule has 1 heterocycles. The molecule has 244 valence electrons. The molecule has 0 saturated carbocycles. The Morgan fingerprint density at radius 1 is 1.02 bits per heavy atom. The fourth-order valence-electron chi connectivity index (χ4n) is 4.63. The number of terminal acetylenes is 1. The van der Waals surface area contributed by atoms with E-state index in [0.717, 1.165) is 19.4 Å². The standard InChI is InChI=1S/C31H52N2O8SSi/c1-10-11-22-42(35,36)33-17-13-16-32(19-20-33)18-15-26(14-12-21-40-43(8,9)31(2,3)4)41-30(34)25-23-27(37-5)29(39-7)28(24-25)38-6/h1,23-24,26H,11-22H2,2-9H3. The van der Waals surface area contributed by atoms with Gasteiger partial charge in [-0.1, -0.05) is 20.8 Å². The zero-order valence-corrected chi connectivity index (χ0v) is 29.2. The van der Waals surface area contributed by atoms with E-state index in [1.54, 1.807) is 16.4 Å². The van der Waals surface area contributed by atoms with E-state index in [0.29, 0.717) is 68.4 Å². The number of esters is 1. The number of ether oxygens (including phenoxy) is 4. The van der Waals surface area contributed by atoms with Gasteiger partial charge in [0.1, 0.15) is 6.10 Å². The first-order valence-electron chi connectivity index (χ1n) is 15.0. The number of hydrogen-bond acceptors (Lipinski definition) is 9. The number of carbonyl (C=O) groups excluding carboxylic acids is 1. The molecule has 1 aromatic carbocycles. The van der Waals surface area contributed by atoms with Crippen molar-refractivity contribution >= 4 is 24.3 Å². The molecular formula is C31H52N2O8SSi. The molecule has 0 aliphatic carbocycles. The Morgan fingerprint density at radius 2 is 1.67 bits per heavy atom. The van der Waals surface area contributed by atoms with Crippen molar-refractivity contribution in [3.05, 3.63) is 17.7 Å². The Hall–Kier alpha value is -2.30. The number of benzene rings is 1. The monoisotopic (exact) mass is 640 g/mol. The van der Waals surface area contributed by atoms with E-state index in [4.69, 9.17) is 29.8 Å². The smallest absolute Gasteiger partial charge is 0.338 e. The van der Waals surface area contributed by atoms with Gasteiger partial charge in [-0.05, 0) is 62.5 Å². The lowest BCUT2D eigenvalue weighted by atomic mass is 10.1. The Morgan fingerprint density at radius 3 is 2.23 bits per heavy atom. The average Bonchev–Trinajstić information content (AvgIpc) is 3.21. The van der Waals surface area contributed by atoms with Crippen molar-refractivity contribution in [1.82, 2.24) is 9.21 Å². The fourth-order valence-corrected chi connectivity index (χ4v) is 7.12. The summed E-state index contributed by atoms with van der Waals surface area (Å²) in [5.74, 6) is 3.06. The lowest BCUT2D eigenvalue weighted by Gasteiger charge is -2.36. The molecule has 0 aromatic heterocycles. The van der Waals surface area contributed by atoms with Crippen molar-refractivity contribution in [1.29, 1.82) is 0 Å². The van der Waals surface area contributed by atoms with Crippen LogP contribution in [0.4, 0.5) is 0 Å². The summed E-state index contributed by atoms with van der Waals surface area (Å²) < 4.78 is 55.5. The maximum absolute atomic E-state index is 13.4. The SMILES string of the molecule is C#CCCS(=O)(=O)N1CCCN(CCC(CCCO[Si](C)(C)C(C)(C)C)OC(=O)c2cc(OC)c(OC)c(OC)c2)CC1. The van der Waals surface area contributed by atoms with Gasteiger partial charge in [0.15, 0.2) is 19.8 Å². The molecule has 0 amide bonds. The van der Waals surface area contributed by atoms with Crippen LogP contribution in [0.3, 0.4) is 0 Å². The number of rotatable bonds is 16. The molecule has 2 rings (SSSR count). The highest BCUT2D eigenvalue weighted by atomic mass is 32.2. The van der Waals surface area contributed by atoms with Crippen molar-refractivity contribution < 1.29 is 36.6 Å². The van der Waals surface area contributed by atoms with E-state index in [9.17, 15) is 13.2 Å². The lowest BCUT2D eigenvalue weighted by molar-refractivity contribution is 0.0220. The molecule has 1 aliphatic rings. The van der Waals surface area contributed by atoms with Crippen molar-refractivity contribution in [2.75, 3.05) is 66.4 Å². The summed E-state index contributed by atoms with van der Waals surface area (Å²) in [4.78, 5) is 15.6. The molecule has 1 unspecified atom stereocenters. The van der Waals surface area contributed by atoms with Gasteiger partial charge in [-0.25, -0.2) is 17.5 Å². The Labute approximate surface area is 260 Å². The minimum absolute atomic E-state index is 0.0284. The summed E-state index contributed by atoms with van der Waals surface area (Å²) >= 11 is 0. The van der Waals surface area contributed by atoms with Crippen LogP contribution in [0.15, 0.2) is 12.1 Å². The Bertz CT molecular complexity index is 1170. The van der Waals surface area contributed by atoms with Gasteiger partial charge in [-0.3, -0.25) is 0 Å². The predicted octanol–water partition coefficient (Wildman–Crippen LogP) is 4.79. The largest absolute Gasteiger partial charge is 0.493 e. The van der Waals surface area contributed by atoms with E-state index in [-0.39, 0.29) is 23.3 Å². The number of carbonyl (C=O) groups is 1. The molecule has 1 saturated heterocycles. The normalized spacial score (nSPS) is 16.2. The second-order valence-corrected chi connectivity index (χ2v) is 19.2. The fraction of sp³-hybridized carbons (Fsp3) is 0.710. The molecule has 0 N–H and O–H groups in total. The second kappa shape index (κ2) is 16.7. The third kappa shape index (κ3) is 11.0. The predicted molar refractivity (Wildman–Crippen MR) is 172 cm³/mol. The molecule has 1 aliphatic heterocycles. The van der Waals surface area contributed by atoms with Crippen LogP contribution in [-0.2, 0) is 19.2 Å². The van der Waals surface area contributed by atoms with E-state index < -0.39 is 24.3 Å². The van der Waals surface area contributed by atoms with Crippen molar-refractivity contribution in [2.24, 2.45) is 0 Å². The molecule has 0 bridgehead atoms. The zero-order chi connectivity index (χ0) is 32.3. The van der Waals surface area contributed by atoms with E-state index >= 15 is 0 Å². The summed E-state index contributed by atoms with van der Waals surface area (Å²) in [5, 5.41) is 0.111. The van der Waals surface area contributed by atoms with Crippen LogP contribution >= 0.6 is 0 Å². The average molecular weight is 641 g/mol. The first kappa shape index (κ1) is 36.9. The topological polar surface area (TPSA) is 104 Å². The van der Waals surface area contributed by atoms with Gasteiger partial charge in [0.25, 0.3) is 0 Å². The quantitative estimate of drug-likeness (QED) is 0.109. The van der Waals surface area contributed by atoms with Gasteiger partial charge in [-0.15, -0.1) is 12.3 Å². The zero-order valence-electron chi connectivity index (χ0n) is 27.4. The Kier molecular flexibility index (Phi) is 14.3. The molecular weight excluding hydrogens is 589 g/mol. The maximum atomic E-state index is 13.4. The lowest BCUT2D eigenvalue weighted by Crippen LogP contribution is -2.41. The van der Waals surface area contributed by atoms with Gasteiger partial charge in [-0.2, -0.15) is 0 Å². The molecule has 0 radical (unpaired) electrons. The summed E-state index contributed by atoms with van der Waals surface area (Å²) in [6, 6.07) is 3.18. The van der Waals surface area contributed by atoms with Gasteiger partial charge in [0.05, 0.1) is 32.6 Å². The highest BCUT2D eigenvalue weighted by Crippen LogP contribution is 2.39. The third-order valence-corrected chi connectivity index (χ3v) is 14.7. The minimum atomic E-state index is -3.37. The summed E-state index contributed by atoms with van der Waals surface area (Å²) in [5.41, 5.74) is 0.305. The van der Waals surface area contributed by atoms with Gasteiger partial charge in [0.2, 0.25) is 15.8 Å². The van der Waals surface area contributed by atoms with Crippen LogP contribution in [0.2, 0.25) is 18.1 Å².